The Kier molecular flexibility index (Phi) is 3.87. The van der Waals surface area contributed by atoms with Gasteiger partial charge in [0, 0.05) is 16.3 Å². The molecule has 0 atom stereocenters. The fourth-order valence-electron chi connectivity index (χ4n) is 2.37. The maximum absolute atomic E-state index is 12.0. The molecule has 7 heteroatoms. The second-order valence-electron chi connectivity index (χ2n) is 4.94. The van der Waals surface area contributed by atoms with Crippen LogP contribution in [0.25, 0.3) is 11.1 Å². The van der Waals surface area contributed by atoms with Crippen LogP contribution in [0.5, 0.6) is 5.75 Å². The topological polar surface area (TPSA) is 80.7 Å². The summed E-state index contributed by atoms with van der Waals surface area (Å²) in [5.41, 5.74) is 2.34. The van der Waals surface area contributed by atoms with Gasteiger partial charge in [-0.05, 0) is 35.4 Å². The smallest absolute Gasteiger partial charge is 0.339 e. The van der Waals surface area contributed by atoms with Crippen LogP contribution in [0.4, 0.5) is 0 Å². The van der Waals surface area contributed by atoms with Crippen molar-refractivity contribution in [2.45, 2.75) is 4.90 Å². The summed E-state index contributed by atoms with van der Waals surface area (Å²) >= 11 is 0. The number of carbonyl (C=O) groups excluding carboxylic acids is 1. The van der Waals surface area contributed by atoms with E-state index in [1.54, 1.807) is 12.1 Å². The quantitative estimate of drug-likeness (QED) is 0.680. The van der Waals surface area contributed by atoms with Crippen molar-refractivity contribution in [3.63, 3.8) is 0 Å². The Morgan fingerprint density at radius 1 is 0.957 bits per heavy atom. The fraction of sp³-hybridized carbons (Fsp3) is 0.0625. The molecule has 0 aliphatic carbocycles. The van der Waals surface area contributed by atoms with Gasteiger partial charge in [-0.3, -0.25) is 0 Å². The van der Waals surface area contributed by atoms with Gasteiger partial charge in [0.15, 0.2) is 0 Å². The van der Waals surface area contributed by atoms with Crippen LogP contribution in [0.3, 0.4) is 0 Å². The number of aromatic hydroxyl groups is 1. The zero-order chi connectivity index (χ0) is 16.6. The average Bonchev–Trinajstić information content (AvgIpc) is 2.89. The van der Waals surface area contributed by atoms with Crippen LogP contribution in [-0.4, -0.2) is 26.1 Å². The highest BCUT2D eigenvalue weighted by Crippen LogP contribution is 2.34. The lowest BCUT2D eigenvalue weighted by molar-refractivity contribution is -0.133. The van der Waals surface area contributed by atoms with Crippen molar-refractivity contribution in [1.82, 2.24) is 0 Å². The predicted octanol–water partition coefficient (Wildman–Crippen LogP) is 2.79. The van der Waals surface area contributed by atoms with Crippen LogP contribution in [-0.2, 0) is 18.6 Å². The fourth-order valence-corrected chi connectivity index (χ4v) is 3.14. The highest BCUT2D eigenvalue weighted by atomic mass is 35.7. The van der Waals surface area contributed by atoms with Crippen LogP contribution in [0.15, 0.2) is 53.4 Å². The molecule has 23 heavy (non-hydrogen) atoms. The minimum absolute atomic E-state index is 0.0407. The lowest BCUT2D eigenvalue weighted by Gasteiger charge is -2.05. The van der Waals surface area contributed by atoms with Crippen molar-refractivity contribution in [2.75, 3.05) is 6.61 Å². The summed E-state index contributed by atoms with van der Waals surface area (Å²) in [7, 11) is 1.47. The molecule has 2 aromatic rings. The number of benzene rings is 2. The summed E-state index contributed by atoms with van der Waals surface area (Å²) in [6.07, 6.45) is 0. The lowest BCUT2D eigenvalue weighted by atomic mass is 9.97. The molecule has 1 heterocycles. The van der Waals surface area contributed by atoms with Crippen molar-refractivity contribution in [1.29, 1.82) is 0 Å². The van der Waals surface area contributed by atoms with E-state index in [-0.39, 0.29) is 17.3 Å². The first-order valence-corrected chi connectivity index (χ1v) is 8.92. The lowest BCUT2D eigenvalue weighted by Crippen LogP contribution is -1.99. The first-order valence-electron chi connectivity index (χ1n) is 6.61. The van der Waals surface area contributed by atoms with E-state index in [1.807, 2.05) is 0 Å². The number of phenols is 1. The molecule has 3 rings (SSSR count). The second kappa shape index (κ2) is 5.72. The van der Waals surface area contributed by atoms with Gasteiger partial charge in [0.25, 0.3) is 9.05 Å². The summed E-state index contributed by atoms with van der Waals surface area (Å²) in [4.78, 5) is 12.0. The van der Waals surface area contributed by atoms with Crippen molar-refractivity contribution < 1.29 is 23.1 Å². The highest BCUT2D eigenvalue weighted by molar-refractivity contribution is 8.13. The monoisotopic (exact) mass is 350 g/mol. The molecule has 0 spiro atoms. The number of hydrogen-bond donors (Lipinski definition) is 1. The molecule has 0 radical (unpaired) electrons. The van der Waals surface area contributed by atoms with Gasteiger partial charge in [-0.2, -0.15) is 0 Å². The molecule has 0 unspecified atom stereocenters. The Balaban J connectivity index is 2.09. The summed E-state index contributed by atoms with van der Waals surface area (Å²) in [6, 6.07) is 12.1. The minimum atomic E-state index is -3.81. The van der Waals surface area contributed by atoms with E-state index >= 15 is 0 Å². The van der Waals surface area contributed by atoms with Crippen LogP contribution >= 0.6 is 10.7 Å². The normalized spacial score (nSPS) is 14.9. The van der Waals surface area contributed by atoms with Crippen LogP contribution in [0, 0.1) is 0 Å². The zero-order valence-electron chi connectivity index (χ0n) is 11.7. The van der Waals surface area contributed by atoms with Gasteiger partial charge in [0.2, 0.25) is 0 Å². The third-order valence-corrected chi connectivity index (χ3v) is 4.86. The molecule has 0 bridgehead atoms. The van der Waals surface area contributed by atoms with Gasteiger partial charge in [-0.15, -0.1) is 0 Å². The van der Waals surface area contributed by atoms with Crippen LogP contribution < -0.4 is 0 Å². The molecule has 5 nitrogen and oxygen atoms in total. The molecular formula is C16H11ClO5S. The van der Waals surface area contributed by atoms with Gasteiger partial charge in [-0.25, -0.2) is 13.2 Å². The molecule has 2 aromatic carbocycles. The number of hydrogen-bond acceptors (Lipinski definition) is 5. The molecule has 1 aliphatic heterocycles. The van der Waals surface area contributed by atoms with Gasteiger partial charge in [-0.1, -0.05) is 24.3 Å². The molecule has 0 aromatic heterocycles. The number of ether oxygens (including phenoxy) is 1. The molecule has 0 saturated heterocycles. The van der Waals surface area contributed by atoms with Crippen molar-refractivity contribution in [3.8, 4) is 5.75 Å². The number of phenolic OH excluding ortho intramolecular Hbond substituents is 1. The summed E-state index contributed by atoms with van der Waals surface area (Å²) in [5, 5.41) is 9.36. The van der Waals surface area contributed by atoms with Gasteiger partial charge < -0.3 is 9.84 Å². The third-order valence-electron chi connectivity index (χ3n) is 3.49. The van der Waals surface area contributed by atoms with E-state index < -0.39 is 15.0 Å². The minimum Gasteiger partial charge on any atom is -0.508 e. The average molecular weight is 351 g/mol. The van der Waals surface area contributed by atoms with E-state index in [0.717, 1.165) is 5.56 Å². The Morgan fingerprint density at radius 2 is 1.52 bits per heavy atom. The SMILES string of the molecule is O=C1OCC(c2ccc(O)cc2)=C1c1ccc(S(=O)(=O)Cl)cc1. The Labute approximate surface area is 137 Å². The van der Waals surface area contributed by atoms with Crippen molar-refractivity contribution >= 4 is 36.8 Å². The Morgan fingerprint density at radius 3 is 2.09 bits per heavy atom. The van der Waals surface area contributed by atoms with Gasteiger partial charge in [0.05, 0.1) is 10.5 Å². The summed E-state index contributed by atoms with van der Waals surface area (Å²) in [6.45, 7) is 0.120. The largest absolute Gasteiger partial charge is 0.508 e. The molecule has 1 N–H and O–H groups in total. The molecule has 0 fully saturated rings. The Hall–Kier alpha value is -2.31. The molecule has 0 saturated carbocycles. The van der Waals surface area contributed by atoms with Gasteiger partial charge >= 0.3 is 5.97 Å². The molecule has 118 valence electrons. The van der Waals surface area contributed by atoms with Crippen LogP contribution in [0.1, 0.15) is 11.1 Å². The van der Waals surface area contributed by atoms with Gasteiger partial charge in [0.1, 0.15) is 12.4 Å². The number of cyclic esters (lactones) is 1. The number of halogens is 1. The Bertz CT molecular complexity index is 896. The number of carbonyl (C=O) groups is 1. The van der Waals surface area contributed by atoms with E-state index in [1.165, 1.54) is 36.4 Å². The second-order valence-corrected chi connectivity index (χ2v) is 7.50. The highest BCUT2D eigenvalue weighted by Gasteiger charge is 2.27. The maximum atomic E-state index is 12.0. The summed E-state index contributed by atoms with van der Waals surface area (Å²) in [5.74, 6) is -0.354. The van der Waals surface area contributed by atoms with E-state index in [4.69, 9.17) is 15.4 Å². The maximum Gasteiger partial charge on any atom is 0.339 e. The number of esters is 1. The predicted molar refractivity (Wildman–Crippen MR) is 85.4 cm³/mol. The first kappa shape index (κ1) is 15.6. The molecule has 1 aliphatic rings. The van der Waals surface area contributed by atoms with Crippen molar-refractivity contribution in [3.05, 3.63) is 59.7 Å². The van der Waals surface area contributed by atoms with Crippen LogP contribution in [0.2, 0.25) is 0 Å². The third kappa shape index (κ3) is 3.09. The summed E-state index contributed by atoms with van der Waals surface area (Å²) < 4.78 is 27.7. The van der Waals surface area contributed by atoms with Crippen molar-refractivity contribution in [2.24, 2.45) is 0 Å². The van der Waals surface area contributed by atoms with E-state index in [2.05, 4.69) is 0 Å². The number of rotatable bonds is 3. The molecular weight excluding hydrogens is 340 g/mol. The standard InChI is InChI=1S/C16H11ClO5S/c17-23(20,21)13-7-3-11(4-8-13)15-14(9-22-16(15)19)10-1-5-12(18)6-2-10/h1-8,18H,9H2. The van der Waals surface area contributed by atoms with E-state index in [9.17, 15) is 18.3 Å². The molecule has 0 amide bonds. The zero-order valence-corrected chi connectivity index (χ0v) is 13.3. The van der Waals surface area contributed by atoms with E-state index in [0.29, 0.717) is 16.7 Å². The first-order chi connectivity index (χ1) is 10.9.